The molecule has 0 amide bonds. The first kappa shape index (κ1) is 15.8. The Morgan fingerprint density at radius 1 is 1.21 bits per heavy atom. The average molecular weight is 263 g/mol. The van der Waals surface area contributed by atoms with Crippen molar-refractivity contribution in [1.29, 1.82) is 0 Å². The number of anilines is 2. The first-order valence-electron chi connectivity index (χ1n) is 7.65. The fraction of sp³-hybridized carbons (Fsp3) is 0.688. The van der Waals surface area contributed by atoms with Gasteiger partial charge in [-0.05, 0) is 32.8 Å². The summed E-state index contributed by atoms with van der Waals surface area (Å²) in [7, 11) is 0. The first-order valence-corrected chi connectivity index (χ1v) is 7.65. The summed E-state index contributed by atoms with van der Waals surface area (Å²) in [6.45, 7) is 11.0. The third kappa shape index (κ3) is 5.50. The lowest BCUT2D eigenvalue weighted by Gasteiger charge is -2.29. The van der Waals surface area contributed by atoms with Crippen LogP contribution < -0.4 is 10.2 Å². The van der Waals surface area contributed by atoms with Crippen LogP contribution in [0.15, 0.2) is 18.3 Å². The van der Waals surface area contributed by atoms with Gasteiger partial charge < -0.3 is 10.2 Å². The van der Waals surface area contributed by atoms with Crippen LogP contribution in [0.4, 0.5) is 11.5 Å². The standard InChI is InChI=1S/C16H29N3/c1-5-7-8-12-19(14(3)4)15-9-11-18-16(13-15)17-10-6-2/h9,11,13-14H,5-8,10,12H2,1-4H3,(H,17,18). The van der Waals surface area contributed by atoms with E-state index in [1.807, 2.05) is 6.20 Å². The maximum absolute atomic E-state index is 4.38. The zero-order valence-corrected chi connectivity index (χ0v) is 12.9. The zero-order chi connectivity index (χ0) is 14.1. The number of hydrogen-bond donors (Lipinski definition) is 1. The van der Waals surface area contributed by atoms with Gasteiger partial charge in [0.2, 0.25) is 0 Å². The molecule has 0 fully saturated rings. The second kappa shape index (κ2) is 8.78. The Kier molecular flexibility index (Phi) is 7.31. The summed E-state index contributed by atoms with van der Waals surface area (Å²) in [6.07, 6.45) is 6.86. The van der Waals surface area contributed by atoms with Gasteiger partial charge in [-0.15, -0.1) is 0 Å². The van der Waals surface area contributed by atoms with E-state index in [-0.39, 0.29) is 0 Å². The van der Waals surface area contributed by atoms with Crippen molar-refractivity contribution in [2.24, 2.45) is 0 Å². The maximum atomic E-state index is 4.38. The van der Waals surface area contributed by atoms with Crippen LogP contribution in [0.3, 0.4) is 0 Å². The average Bonchev–Trinajstić information content (AvgIpc) is 2.41. The number of aromatic nitrogens is 1. The van der Waals surface area contributed by atoms with Crippen LogP contribution in [0.5, 0.6) is 0 Å². The van der Waals surface area contributed by atoms with Crippen molar-refractivity contribution in [2.75, 3.05) is 23.3 Å². The van der Waals surface area contributed by atoms with Crippen LogP contribution in [0.1, 0.15) is 53.4 Å². The summed E-state index contributed by atoms with van der Waals surface area (Å²) in [5.74, 6) is 0.987. The van der Waals surface area contributed by atoms with Crippen molar-refractivity contribution >= 4 is 11.5 Å². The highest BCUT2D eigenvalue weighted by molar-refractivity contribution is 5.54. The lowest BCUT2D eigenvalue weighted by atomic mass is 10.2. The Balaban J connectivity index is 2.71. The van der Waals surface area contributed by atoms with Crippen molar-refractivity contribution in [3.63, 3.8) is 0 Å². The summed E-state index contributed by atoms with van der Waals surface area (Å²) < 4.78 is 0. The number of nitrogens with zero attached hydrogens (tertiary/aromatic N) is 2. The lowest BCUT2D eigenvalue weighted by Crippen LogP contribution is -2.31. The van der Waals surface area contributed by atoms with Crippen LogP contribution in [-0.4, -0.2) is 24.1 Å². The summed E-state index contributed by atoms with van der Waals surface area (Å²) in [4.78, 5) is 6.84. The van der Waals surface area contributed by atoms with E-state index >= 15 is 0 Å². The van der Waals surface area contributed by atoms with E-state index < -0.39 is 0 Å². The summed E-state index contributed by atoms with van der Waals surface area (Å²) in [6, 6.07) is 4.81. The van der Waals surface area contributed by atoms with Gasteiger partial charge in [0, 0.05) is 37.1 Å². The molecule has 0 atom stereocenters. The molecule has 3 heteroatoms. The van der Waals surface area contributed by atoms with Crippen LogP contribution in [0.25, 0.3) is 0 Å². The molecule has 1 N–H and O–H groups in total. The number of nitrogens with one attached hydrogen (secondary N) is 1. The molecule has 0 saturated heterocycles. The molecule has 0 aliphatic heterocycles. The SMILES string of the molecule is CCCCCN(c1ccnc(NCCC)c1)C(C)C. The highest BCUT2D eigenvalue weighted by atomic mass is 15.2. The molecular formula is C16H29N3. The summed E-state index contributed by atoms with van der Waals surface area (Å²) in [5, 5.41) is 3.36. The van der Waals surface area contributed by atoms with E-state index in [9.17, 15) is 0 Å². The number of pyridine rings is 1. The van der Waals surface area contributed by atoms with Gasteiger partial charge in [-0.3, -0.25) is 0 Å². The van der Waals surface area contributed by atoms with Gasteiger partial charge in [-0.25, -0.2) is 4.98 Å². The molecule has 0 saturated carbocycles. The van der Waals surface area contributed by atoms with Gasteiger partial charge in [0.25, 0.3) is 0 Å². The molecule has 1 heterocycles. The monoisotopic (exact) mass is 263 g/mol. The van der Waals surface area contributed by atoms with E-state index in [4.69, 9.17) is 0 Å². The molecule has 0 aromatic carbocycles. The highest BCUT2D eigenvalue weighted by Crippen LogP contribution is 2.20. The third-order valence-electron chi connectivity index (χ3n) is 3.26. The maximum Gasteiger partial charge on any atom is 0.127 e. The molecule has 1 aromatic rings. The third-order valence-corrected chi connectivity index (χ3v) is 3.26. The molecule has 3 nitrogen and oxygen atoms in total. The summed E-state index contributed by atoms with van der Waals surface area (Å²) in [5.41, 5.74) is 1.28. The Morgan fingerprint density at radius 3 is 2.63 bits per heavy atom. The molecule has 0 bridgehead atoms. The minimum atomic E-state index is 0.526. The van der Waals surface area contributed by atoms with Crippen molar-refractivity contribution in [2.45, 2.75) is 59.4 Å². The molecule has 0 radical (unpaired) electrons. The van der Waals surface area contributed by atoms with Gasteiger partial charge in [0.05, 0.1) is 0 Å². The molecule has 108 valence electrons. The predicted octanol–water partition coefficient (Wildman–Crippen LogP) is 4.31. The van der Waals surface area contributed by atoms with E-state index in [0.717, 1.165) is 25.3 Å². The van der Waals surface area contributed by atoms with E-state index in [1.165, 1.54) is 24.9 Å². The molecule has 1 aromatic heterocycles. The number of rotatable bonds is 9. The Morgan fingerprint density at radius 2 is 2.00 bits per heavy atom. The highest BCUT2D eigenvalue weighted by Gasteiger charge is 2.10. The van der Waals surface area contributed by atoms with Gasteiger partial charge in [-0.1, -0.05) is 26.7 Å². The van der Waals surface area contributed by atoms with Crippen LogP contribution >= 0.6 is 0 Å². The second-order valence-corrected chi connectivity index (χ2v) is 5.32. The van der Waals surface area contributed by atoms with Crippen LogP contribution in [-0.2, 0) is 0 Å². The van der Waals surface area contributed by atoms with Crippen LogP contribution in [0, 0.1) is 0 Å². The Labute approximate surface area is 118 Å². The Hall–Kier alpha value is -1.25. The molecule has 0 aliphatic carbocycles. The Bertz CT molecular complexity index is 350. The second-order valence-electron chi connectivity index (χ2n) is 5.32. The van der Waals surface area contributed by atoms with Crippen molar-refractivity contribution in [1.82, 2.24) is 4.98 Å². The molecule has 0 aliphatic rings. The lowest BCUT2D eigenvalue weighted by molar-refractivity contribution is 0.626. The minimum Gasteiger partial charge on any atom is -0.370 e. The normalized spacial score (nSPS) is 10.8. The summed E-state index contributed by atoms with van der Waals surface area (Å²) >= 11 is 0. The van der Waals surface area contributed by atoms with Gasteiger partial charge in [0.1, 0.15) is 5.82 Å². The largest absolute Gasteiger partial charge is 0.370 e. The van der Waals surface area contributed by atoms with Gasteiger partial charge >= 0.3 is 0 Å². The van der Waals surface area contributed by atoms with Crippen molar-refractivity contribution < 1.29 is 0 Å². The van der Waals surface area contributed by atoms with Gasteiger partial charge in [0.15, 0.2) is 0 Å². The fourth-order valence-corrected chi connectivity index (χ4v) is 2.17. The molecular weight excluding hydrogens is 234 g/mol. The molecule has 19 heavy (non-hydrogen) atoms. The topological polar surface area (TPSA) is 28.2 Å². The molecule has 0 unspecified atom stereocenters. The quantitative estimate of drug-likeness (QED) is 0.673. The fourth-order valence-electron chi connectivity index (χ4n) is 2.17. The van der Waals surface area contributed by atoms with E-state index in [0.29, 0.717) is 6.04 Å². The predicted molar refractivity (Wildman–Crippen MR) is 85.0 cm³/mol. The first-order chi connectivity index (χ1) is 9.19. The molecule has 0 spiro atoms. The van der Waals surface area contributed by atoms with Crippen molar-refractivity contribution in [3.8, 4) is 0 Å². The number of unbranched alkanes of at least 4 members (excludes halogenated alkanes) is 2. The molecule has 1 rings (SSSR count). The zero-order valence-electron chi connectivity index (χ0n) is 12.9. The van der Waals surface area contributed by atoms with Crippen molar-refractivity contribution in [3.05, 3.63) is 18.3 Å². The minimum absolute atomic E-state index is 0.526. The number of hydrogen-bond acceptors (Lipinski definition) is 3. The van der Waals surface area contributed by atoms with E-state index in [2.05, 4.69) is 55.0 Å². The van der Waals surface area contributed by atoms with Crippen LogP contribution in [0.2, 0.25) is 0 Å². The van der Waals surface area contributed by atoms with E-state index in [1.54, 1.807) is 0 Å². The van der Waals surface area contributed by atoms with Gasteiger partial charge in [-0.2, -0.15) is 0 Å². The smallest absolute Gasteiger partial charge is 0.127 e.